The Hall–Kier alpha value is -4.57. The SMILES string of the molecule is O=C(Cn1cnnn1)N[C@@H](COCc1ccccc1)C(=O)Nc1ccc(Oc2ccccc2)cc1. The number of nitrogens with one attached hydrogen (secondary N) is 2. The number of anilines is 1. The van der Waals surface area contributed by atoms with E-state index in [2.05, 4.69) is 26.2 Å². The zero-order chi connectivity index (χ0) is 24.3. The Bertz CT molecular complexity index is 1200. The van der Waals surface area contributed by atoms with Gasteiger partial charge in [-0.1, -0.05) is 48.5 Å². The number of hydrogen-bond donors (Lipinski definition) is 2. The number of hydrogen-bond acceptors (Lipinski definition) is 7. The Balaban J connectivity index is 1.36. The zero-order valence-corrected chi connectivity index (χ0v) is 18.8. The number of benzene rings is 3. The van der Waals surface area contributed by atoms with E-state index >= 15 is 0 Å². The molecule has 1 atom stereocenters. The first-order chi connectivity index (χ1) is 17.2. The van der Waals surface area contributed by atoms with Crippen LogP contribution in [0.4, 0.5) is 5.69 Å². The third-order valence-corrected chi connectivity index (χ3v) is 4.85. The summed E-state index contributed by atoms with van der Waals surface area (Å²) in [6.07, 6.45) is 1.32. The van der Waals surface area contributed by atoms with Gasteiger partial charge in [-0.3, -0.25) is 9.59 Å². The monoisotopic (exact) mass is 472 g/mol. The van der Waals surface area contributed by atoms with Gasteiger partial charge >= 0.3 is 0 Å². The van der Waals surface area contributed by atoms with Crippen molar-refractivity contribution in [2.75, 3.05) is 11.9 Å². The van der Waals surface area contributed by atoms with Crippen LogP contribution < -0.4 is 15.4 Å². The summed E-state index contributed by atoms with van der Waals surface area (Å²) in [6.45, 7) is 0.164. The predicted molar refractivity (Wildman–Crippen MR) is 127 cm³/mol. The highest BCUT2D eigenvalue weighted by Crippen LogP contribution is 2.22. The van der Waals surface area contributed by atoms with E-state index in [0.29, 0.717) is 23.8 Å². The van der Waals surface area contributed by atoms with Gasteiger partial charge in [-0.2, -0.15) is 0 Å². The zero-order valence-electron chi connectivity index (χ0n) is 18.8. The van der Waals surface area contributed by atoms with Crippen molar-refractivity contribution in [1.82, 2.24) is 25.5 Å². The quantitative estimate of drug-likeness (QED) is 0.344. The normalized spacial score (nSPS) is 11.4. The second-order valence-electron chi connectivity index (χ2n) is 7.56. The molecule has 10 heteroatoms. The van der Waals surface area contributed by atoms with Crippen LogP contribution in [0, 0.1) is 0 Å². The third-order valence-electron chi connectivity index (χ3n) is 4.85. The molecule has 0 aliphatic rings. The summed E-state index contributed by atoms with van der Waals surface area (Å²) in [4.78, 5) is 25.4. The van der Waals surface area contributed by atoms with Crippen molar-refractivity contribution in [3.05, 3.63) is 96.8 Å². The fourth-order valence-electron chi connectivity index (χ4n) is 3.15. The molecule has 0 fully saturated rings. The van der Waals surface area contributed by atoms with E-state index in [-0.39, 0.29) is 13.2 Å². The van der Waals surface area contributed by atoms with Gasteiger partial charge in [0.1, 0.15) is 30.4 Å². The molecule has 1 heterocycles. The number of aromatic nitrogens is 4. The highest BCUT2D eigenvalue weighted by molar-refractivity contribution is 5.97. The Morgan fingerprint density at radius 1 is 0.886 bits per heavy atom. The van der Waals surface area contributed by atoms with Gasteiger partial charge in [0.05, 0.1) is 13.2 Å². The Kier molecular flexibility index (Phi) is 8.12. The van der Waals surface area contributed by atoms with Gasteiger partial charge in [0.15, 0.2) is 0 Å². The predicted octanol–water partition coefficient (Wildman–Crippen LogP) is 2.81. The van der Waals surface area contributed by atoms with Crippen molar-refractivity contribution in [3.8, 4) is 11.5 Å². The maximum absolute atomic E-state index is 13.0. The van der Waals surface area contributed by atoms with E-state index in [1.807, 2.05) is 60.7 Å². The van der Waals surface area contributed by atoms with Crippen LogP contribution in [0.5, 0.6) is 11.5 Å². The van der Waals surface area contributed by atoms with Crippen molar-refractivity contribution in [1.29, 1.82) is 0 Å². The molecule has 0 radical (unpaired) electrons. The lowest BCUT2D eigenvalue weighted by molar-refractivity contribution is -0.128. The molecule has 2 amide bonds. The van der Waals surface area contributed by atoms with E-state index in [9.17, 15) is 9.59 Å². The second kappa shape index (κ2) is 12.1. The number of rotatable bonds is 11. The Morgan fingerprint density at radius 2 is 1.57 bits per heavy atom. The molecule has 2 N–H and O–H groups in total. The summed E-state index contributed by atoms with van der Waals surface area (Å²) in [5.74, 6) is 0.504. The van der Waals surface area contributed by atoms with Crippen molar-refractivity contribution in [3.63, 3.8) is 0 Å². The highest BCUT2D eigenvalue weighted by atomic mass is 16.5. The van der Waals surface area contributed by atoms with Crippen LogP contribution in [0.3, 0.4) is 0 Å². The molecule has 0 saturated carbocycles. The van der Waals surface area contributed by atoms with Gasteiger partial charge in [0.25, 0.3) is 0 Å². The molecule has 4 rings (SSSR count). The molecule has 0 aliphatic carbocycles. The number of para-hydroxylation sites is 1. The smallest absolute Gasteiger partial charge is 0.249 e. The maximum Gasteiger partial charge on any atom is 0.249 e. The minimum absolute atomic E-state index is 0.0166. The molecule has 0 aliphatic heterocycles. The molecular weight excluding hydrogens is 448 g/mol. The largest absolute Gasteiger partial charge is 0.457 e. The fourth-order valence-corrected chi connectivity index (χ4v) is 3.15. The van der Waals surface area contributed by atoms with Crippen LogP contribution in [0.2, 0.25) is 0 Å². The van der Waals surface area contributed by atoms with Crippen LogP contribution in [0.1, 0.15) is 5.56 Å². The highest BCUT2D eigenvalue weighted by Gasteiger charge is 2.22. The van der Waals surface area contributed by atoms with Crippen molar-refractivity contribution >= 4 is 17.5 Å². The molecule has 35 heavy (non-hydrogen) atoms. The van der Waals surface area contributed by atoms with E-state index in [4.69, 9.17) is 9.47 Å². The van der Waals surface area contributed by atoms with Crippen LogP contribution >= 0.6 is 0 Å². The van der Waals surface area contributed by atoms with Gasteiger partial charge in [0, 0.05) is 5.69 Å². The average Bonchev–Trinajstić information content (AvgIpc) is 3.39. The molecule has 0 bridgehead atoms. The first kappa shape index (κ1) is 23.6. The number of tetrazole rings is 1. The standard InChI is InChI=1S/C25H24N6O4/c32-24(15-31-18-26-29-30-31)28-23(17-34-16-19-7-3-1-4-8-19)25(33)27-20-11-13-22(14-12-20)35-21-9-5-2-6-10-21/h1-14,18,23H,15-17H2,(H,27,33)(H,28,32)/t23-/m0/s1. The Morgan fingerprint density at radius 3 is 2.26 bits per heavy atom. The first-order valence-corrected chi connectivity index (χ1v) is 10.9. The van der Waals surface area contributed by atoms with Crippen LogP contribution in [0.15, 0.2) is 91.3 Å². The average molecular weight is 473 g/mol. The van der Waals surface area contributed by atoms with Gasteiger partial charge < -0.3 is 20.1 Å². The molecule has 1 aromatic heterocycles. The van der Waals surface area contributed by atoms with Crippen molar-refractivity contribution in [2.45, 2.75) is 19.2 Å². The summed E-state index contributed by atoms with van der Waals surface area (Å²) >= 11 is 0. The summed E-state index contributed by atoms with van der Waals surface area (Å²) in [5, 5.41) is 16.2. The summed E-state index contributed by atoms with van der Waals surface area (Å²) < 4.78 is 12.8. The molecule has 3 aromatic carbocycles. The molecule has 10 nitrogen and oxygen atoms in total. The summed E-state index contributed by atoms with van der Waals surface area (Å²) in [7, 11) is 0. The lowest BCUT2D eigenvalue weighted by Gasteiger charge is -2.19. The van der Waals surface area contributed by atoms with E-state index in [0.717, 1.165) is 5.56 Å². The minimum atomic E-state index is -0.928. The maximum atomic E-state index is 13.0. The molecule has 0 spiro atoms. The Labute approximate surface area is 201 Å². The second-order valence-corrected chi connectivity index (χ2v) is 7.56. The molecule has 178 valence electrons. The van der Waals surface area contributed by atoms with E-state index < -0.39 is 17.9 Å². The number of nitrogens with zero attached hydrogens (tertiary/aromatic N) is 4. The van der Waals surface area contributed by atoms with E-state index in [1.165, 1.54) is 11.0 Å². The third kappa shape index (κ3) is 7.47. The lowest BCUT2D eigenvalue weighted by atomic mass is 10.2. The molecule has 4 aromatic rings. The van der Waals surface area contributed by atoms with Gasteiger partial charge in [0.2, 0.25) is 11.8 Å². The number of carbonyl (C=O) groups is 2. The lowest BCUT2D eigenvalue weighted by Crippen LogP contribution is -2.47. The van der Waals surface area contributed by atoms with Gasteiger partial charge in [-0.05, 0) is 52.4 Å². The van der Waals surface area contributed by atoms with Gasteiger partial charge in [-0.25, -0.2) is 4.68 Å². The number of carbonyl (C=O) groups excluding carboxylic acids is 2. The summed E-state index contributed by atoms with van der Waals surface area (Å²) in [5.41, 5.74) is 1.51. The van der Waals surface area contributed by atoms with Crippen LogP contribution in [-0.4, -0.2) is 44.7 Å². The van der Waals surface area contributed by atoms with Gasteiger partial charge in [-0.15, -0.1) is 5.10 Å². The van der Waals surface area contributed by atoms with E-state index in [1.54, 1.807) is 24.3 Å². The molecule has 0 saturated heterocycles. The van der Waals surface area contributed by atoms with Crippen molar-refractivity contribution in [2.24, 2.45) is 0 Å². The molecular formula is C25H24N6O4. The van der Waals surface area contributed by atoms with Crippen LogP contribution in [0.25, 0.3) is 0 Å². The minimum Gasteiger partial charge on any atom is -0.457 e. The van der Waals surface area contributed by atoms with Crippen LogP contribution in [-0.2, 0) is 27.5 Å². The fraction of sp³-hybridized carbons (Fsp3) is 0.160. The topological polar surface area (TPSA) is 120 Å². The number of amides is 2. The first-order valence-electron chi connectivity index (χ1n) is 10.9. The summed E-state index contributed by atoms with van der Waals surface area (Å²) in [6, 6.07) is 25.0. The molecule has 0 unspecified atom stereocenters. The number of ether oxygens (including phenoxy) is 2. The van der Waals surface area contributed by atoms with Crippen molar-refractivity contribution < 1.29 is 19.1 Å².